The van der Waals surface area contributed by atoms with Gasteiger partial charge in [0.15, 0.2) is 0 Å². The van der Waals surface area contributed by atoms with E-state index >= 15 is 0 Å². The van der Waals surface area contributed by atoms with Crippen molar-refractivity contribution >= 4 is 11.9 Å². The number of ether oxygens (including phenoxy) is 1. The Morgan fingerprint density at radius 1 is 1.42 bits per heavy atom. The number of likely N-dealkylation sites (tertiary alicyclic amines) is 1. The van der Waals surface area contributed by atoms with Crippen LogP contribution in [0.2, 0.25) is 0 Å². The lowest BCUT2D eigenvalue weighted by molar-refractivity contribution is -0.144. The summed E-state index contributed by atoms with van der Waals surface area (Å²) >= 11 is 0. The molecule has 2 rings (SSSR count). The topological polar surface area (TPSA) is 66.8 Å². The van der Waals surface area contributed by atoms with Crippen molar-refractivity contribution in [3.05, 3.63) is 0 Å². The second-order valence-electron chi connectivity index (χ2n) is 5.79. The summed E-state index contributed by atoms with van der Waals surface area (Å²) in [5.74, 6) is -1.58. The van der Waals surface area contributed by atoms with Crippen LogP contribution in [-0.4, -0.2) is 47.7 Å². The van der Waals surface area contributed by atoms with Gasteiger partial charge in [0.2, 0.25) is 5.91 Å². The van der Waals surface area contributed by atoms with Gasteiger partial charge in [-0.2, -0.15) is 0 Å². The van der Waals surface area contributed by atoms with Crippen LogP contribution in [0.4, 0.5) is 0 Å². The van der Waals surface area contributed by atoms with Crippen LogP contribution in [0, 0.1) is 11.8 Å². The Kier molecular flexibility index (Phi) is 4.13. The number of methoxy groups -OCH3 is 1. The summed E-state index contributed by atoms with van der Waals surface area (Å²) in [6.45, 7) is 3.40. The monoisotopic (exact) mass is 269 g/mol. The van der Waals surface area contributed by atoms with Crippen molar-refractivity contribution in [1.29, 1.82) is 0 Å². The molecular formula is C14H23NO4. The van der Waals surface area contributed by atoms with Crippen LogP contribution in [0.1, 0.15) is 39.0 Å². The minimum atomic E-state index is -0.842. The number of carbonyl (C=O) groups excluding carboxylic acids is 1. The SMILES string of the molecule is CCCC1(COC)CCCN1C(=O)C1CC1C(=O)O. The molecule has 2 fully saturated rings. The highest BCUT2D eigenvalue weighted by molar-refractivity contribution is 5.90. The normalized spacial score (nSPS) is 33.5. The average molecular weight is 269 g/mol. The lowest BCUT2D eigenvalue weighted by Crippen LogP contribution is -2.51. The molecule has 1 heterocycles. The average Bonchev–Trinajstić information content (AvgIpc) is 3.06. The highest BCUT2D eigenvalue weighted by Gasteiger charge is 2.54. The molecular weight excluding hydrogens is 246 g/mol. The number of carbonyl (C=O) groups is 2. The maximum atomic E-state index is 12.5. The number of aliphatic carboxylic acids is 1. The molecule has 0 aromatic carbocycles. The molecule has 1 amide bonds. The molecule has 3 unspecified atom stereocenters. The number of hydrogen-bond donors (Lipinski definition) is 1. The van der Waals surface area contributed by atoms with E-state index in [-0.39, 0.29) is 17.4 Å². The molecule has 0 radical (unpaired) electrons. The van der Waals surface area contributed by atoms with Gasteiger partial charge in [0, 0.05) is 13.7 Å². The van der Waals surface area contributed by atoms with Crippen molar-refractivity contribution in [2.45, 2.75) is 44.6 Å². The number of nitrogens with zero attached hydrogens (tertiary/aromatic N) is 1. The van der Waals surface area contributed by atoms with Gasteiger partial charge in [-0.15, -0.1) is 0 Å². The number of hydrogen-bond acceptors (Lipinski definition) is 3. The number of rotatable bonds is 6. The molecule has 1 aliphatic heterocycles. The molecule has 2 aliphatic rings. The van der Waals surface area contributed by atoms with Crippen LogP contribution in [0.3, 0.4) is 0 Å². The first-order chi connectivity index (χ1) is 9.05. The van der Waals surface area contributed by atoms with Crippen LogP contribution in [0.25, 0.3) is 0 Å². The first-order valence-corrected chi connectivity index (χ1v) is 7.09. The van der Waals surface area contributed by atoms with Gasteiger partial charge in [-0.3, -0.25) is 9.59 Å². The molecule has 0 spiro atoms. The summed E-state index contributed by atoms with van der Waals surface area (Å²) in [4.78, 5) is 25.3. The first-order valence-electron chi connectivity index (χ1n) is 7.09. The van der Waals surface area contributed by atoms with E-state index in [1.807, 2.05) is 4.90 Å². The Balaban J connectivity index is 2.09. The fourth-order valence-corrected chi connectivity index (χ4v) is 3.44. The summed E-state index contributed by atoms with van der Waals surface area (Å²) in [7, 11) is 1.66. The van der Waals surface area contributed by atoms with Crippen LogP contribution in [0.5, 0.6) is 0 Å². The van der Waals surface area contributed by atoms with Crippen molar-refractivity contribution in [1.82, 2.24) is 4.90 Å². The Hall–Kier alpha value is -1.10. The van der Waals surface area contributed by atoms with Crippen molar-refractivity contribution in [2.75, 3.05) is 20.3 Å². The molecule has 5 heteroatoms. The van der Waals surface area contributed by atoms with Crippen LogP contribution >= 0.6 is 0 Å². The smallest absolute Gasteiger partial charge is 0.307 e. The second-order valence-corrected chi connectivity index (χ2v) is 5.79. The molecule has 108 valence electrons. The standard InChI is InChI=1S/C14H23NO4/c1-3-5-14(9-19-2)6-4-7-15(14)12(16)10-8-11(10)13(17)18/h10-11H,3-9H2,1-2H3,(H,17,18). The fourth-order valence-electron chi connectivity index (χ4n) is 3.44. The van der Waals surface area contributed by atoms with Crippen molar-refractivity contribution in [2.24, 2.45) is 11.8 Å². The minimum absolute atomic E-state index is 0.0235. The Bertz CT molecular complexity index is 362. The Morgan fingerprint density at radius 3 is 2.68 bits per heavy atom. The van der Waals surface area contributed by atoms with E-state index in [0.717, 1.165) is 32.2 Å². The lowest BCUT2D eigenvalue weighted by Gasteiger charge is -2.38. The van der Waals surface area contributed by atoms with Crippen LogP contribution in [-0.2, 0) is 14.3 Å². The van der Waals surface area contributed by atoms with Crippen molar-refractivity contribution in [3.8, 4) is 0 Å². The van der Waals surface area contributed by atoms with Crippen LogP contribution in [0.15, 0.2) is 0 Å². The predicted molar refractivity (Wildman–Crippen MR) is 69.7 cm³/mol. The number of carboxylic acid groups (broad SMARTS) is 1. The second kappa shape index (κ2) is 5.49. The van der Waals surface area contributed by atoms with E-state index in [0.29, 0.717) is 13.0 Å². The molecule has 1 saturated heterocycles. The predicted octanol–water partition coefficient (Wildman–Crippen LogP) is 1.51. The zero-order valence-corrected chi connectivity index (χ0v) is 11.7. The van der Waals surface area contributed by atoms with Gasteiger partial charge < -0.3 is 14.7 Å². The van der Waals surface area contributed by atoms with E-state index in [4.69, 9.17) is 9.84 Å². The molecule has 1 N–H and O–H groups in total. The fraction of sp³-hybridized carbons (Fsp3) is 0.857. The summed E-state index contributed by atoms with van der Waals surface area (Å²) in [6.07, 6.45) is 4.38. The van der Waals surface area contributed by atoms with E-state index in [1.165, 1.54) is 0 Å². The Labute approximate surface area is 113 Å². The molecule has 1 aliphatic carbocycles. The maximum absolute atomic E-state index is 12.5. The van der Waals surface area contributed by atoms with Gasteiger partial charge in [-0.25, -0.2) is 0 Å². The lowest BCUT2D eigenvalue weighted by atomic mass is 9.91. The molecule has 5 nitrogen and oxygen atoms in total. The maximum Gasteiger partial charge on any atom is 0.307 e. The van der Waals surface area contributed by atoms with Crippen molar-refractivity contribution in [3.63, 3.8) is 0 Å². The third-order valence-electron chi connectivity index (χ3n) is 4.42. The molecule has 0 bridgehead atoms. The highest BCUT2D eigenvalue weighted by atomic mass is 16.5. The third-order valence-corrected chi connectivity index (χ3v) is 4.42. The quantitative estimate of drug-likeness (QED) is 0.794. The number of amides is 1. The van der Waals surface area contributed by atoms with Gasteiger partial charge >= 0.3 is 5.97 Å². The summed E-state index contributed by atoms with van der Waals surface area (Å²) in [5.41, 5.74) is -0.202. The minimum Gasteiger partial charge on any atom is -0.481 e. The van der Waals surface area contributed by atoms with Gasteiger partial charge in [0.25, 0.3) is 0 Å². The van der Waals surface area contributed by atoms with E-state index in [9.17, 15) is 9.59 Å². The molecule has 3 atom stereocenters. The zero-order valence-electron chi connectivity index (χ0n) is 11.7. The molecule has 0 aromatic rings. The Morgan fingerprint density at radius 2 is 2.16 bits per heavy atom. The van der Waals surface area contributed by atoms with E-state index in [2.05, 4.69) is 6.92 Å². The molecule has 1 saturated carbocycles. The zero-order chi connectivity index (χ0) is 14.0. The number of carboxylic acids is 1. The van der Waals surface area contributed by atoms with E-state index < -0.39 is 11.9 Å². The van der Waals surface area contributed by atoms with Gasteiger partial charge in [0.05, 0.1) is 24.0 Å². The van der Waals surface area contributed by atoms with Gasteiger partial charge in [-0.05, 0) is 25.7 Å². The third kappa shape index (κ3) is 2.61. The molecule has 19 heavy (non-hydrogen) atoms. The summed E-state index contributed by atoms with van der Waals surface area (Å²) in [5, 5.41) is 8.96. The largest absolute Gasteiger partial charge is 0.481 e. The van der Waals surface area contributed by atoms with E-state index in [1.54, 1.807) is 7.11 Å². The molecule has 0 aromatic heterocycles. The highest BCUT2D eigenvalue weighted by Crippen LogP contribution is 2.44. The van der Waals surface area contributed by atoms with Gasteiger partial charge in [-0.1, -0.05) is 13.3 Å². The van der Waals surface area contributed by atoms with Crippen LogP contribution < -0.4 is 0 Å². The summed E-state index contributed by atoms with van der Waals surface area (Å²) < 4.78 is 5.33. The first kappa shape index (κ1) is 14.3. The van der Waals surface area contributed by atoms with Gasteiger partial charge in [0.1, 0.15) is 0 Å². The summed E-state index contributed by atoms with van der Waals surface area (Å²) in [6, 6.07) is 0. The van der Waals surface area contributed by atoms with Crippen molar-refractivity contribution < 1.29 is 19.4 Å².